The van der Waals surface area contributed by atoms with Crippen LogP contribution in [0.5, 0.6) is 0 Å². The van der Waals surface area contributed by atoms with E-state index in [1.54, 1.807) is 0 Å². The van der Waals surface area contributed by atoms with Crippen LogP contribution < -0.4 is 5.73 Å². The van der Waals surface area contributed by atoms with Crippen molar-refractivity contribution < 1.29 is 0 Å². The van der Waals surface area contributed by atoms with Gasteiger partial charge in [0.2, 0.25) is 0 Å². The van der Waals surface area contributed by atoms with Crippen LogP contribution >= 0.6 is 0 Å². The standard InChI is InChI=1S/C8H10N4/c1-5-7(12-8(9)11-5)6-2-3-10-4-6/h2-4,10H,1H3,(H3,9,11,12). The van der Waals surface area contributed by atoms with E-state index in [4.69, 9.17) is 5.73 Å². The Hall–Kier alpha value is -1.71. The lowest BCUT2D eigenvalue weighted by Gasteiger charge is -1.90. The molecule has 0 bridgehead atoms. The highest BCUT2D eigenvalue weighted by Crippen LogP contribution is 2.20. The molecule has 4 heteroatoms. The van der Waals surface area contributed by atoms with Gasteiger partial charge in [-0.25, -0.2) is 4.98 Å². The minimum atomic E-state index is 0.462. The topological polar surface area (TPSA) is 70.5 Å². The largest absolute Gasteiger partial charge is 0.369 e. The fourth-order valence-electron chi connectivity index (χ4n) is 1.24. The molecule has 0 saturated heterocycles. The van der Waals surface area contributed by atoms with Gasteiger partial charge in [-0.1, -0.05) is 0 Å². The highest BCUT2D eigenvalue weighted by Gasteiger charge is 2.06. The number of nitrogens with zero attached hydrogens (tertiary/aromatic N) is 1. The first-order valence-corrected chi connectivity index (χ1v) is 3.72. The van der Waals surface area contributed by atoms with E-state index in [-0.39, 0.29) is 0 Å². The fourth-order valence-corrected chi connectivity index (χ4v) is 1.24. The van der Waals surface area contributed by atoms with Crippen LogP contribution in [0.15, 0.2) is 18.5 Å². The van der Waals surface area contributed by atoms with Gasteiger partial charge in [0.05, 0.1) is 5.69 Å². The van der Waals surface area contributed by atoms with Crippen LogP contribution in [0, 0.1) is 6.92 Å². The molecule has 0 aliphatic carbocycles. The van der Waals surface area contributed by atoms with Crippen LogP contribution in [0.2, 0.25) is 0 Å². The number of hydrogen-bond acceptors (Lipinski definition) is 2. The summed E-state index contributed by atoms with van der Waals surface area (Å²) < 4.78 is 0. The van der Waals surface area contributed by atoms with E-state index in [9.17, 15) is 0 Å². The summed E-state index contributed by atoms with van der Waals surface area (Å²) in [6.07, 6.45) is 3.75. The van der Waals surface area contributed by atoms with Crippen LogP contribution in [-0.4, -0.2) is 15.0 Å². The molecule has 4 N–H and O–H groups in total. The lowest BCUT2D eigenvalue weighted by molar-refractivity contribution is 1.26. The van der Waals surface area contributed by atoms with Crippen LogP contribution in [0.25, 0.3) is 11.3 Å². The maximum Gasteiger partial charge on any atom is 0.198 e. The number of aryl methyl sites for hydroxylation is 1. The summed E-state index contributed by atoms with van der Waals surface area (Å²) in [7, 11) is 0. The monoisotopic (exact) mass is 162 g/mol. The van der Waals surface area contributed by atoms with Crippen molar-refractivity contribution in [3.8, 4) is 11.3 Å². The first kappa shape index (κ1) is 6.97. The Bertz CT molecular complexity index is 372. The van der Waals surface area contributed by atoms with Gasteiger partial charge in [-0.05, 0) is 13.0 Å². The molecule has 0 unspecified atom stereocenters. The van der Waals surface area contributed by atoms with E-state index in [1.165, 1.54) is 0 Å². The van der Waals surface area contributed by atoms with Gasteiger partial charge in [0.25, 0.3) is 0 Å². The van der Waals surface area contributed by atoms with Crippen molar-refractivity contribution in [2.45, 2.75) is 6.92 Å². The van der Waals surface area contributed by atoms with Gasteiger partial charge >= 0.3 is 0 Å². The second-order valence-corrected chi connectivity index (χ2v) is 2.70. The molecule has 0 radical (unpaired) electrons. The molecule has 0 spiro atoms. The molecule has 12 heavy (non-hydrogen) atoms. The third-order valence-electron chi connectivity index (χ3n) is 1.77. The summed E-state index contributed by atoms with van der Waals surface area (Å²) in [6, 6.07) is 1.96. The van der Waals surface area contributed by atoms with Crippen LogP contribution in [-0.2, 0) is 0 Å². The van der Waals surface area contributed by atoms with Gasteiger partial charge < -0.3 is 15.7 Å². The zero-order chi connectivity index (χ0) is 8.55. The van der Waals surface area contributed by atoms with Crippen LogP contribution in [0.4, 0.5) is 5.95 Å². The molecule has 62 valence electrons. The molecule has 2 aromatic rings. The first-order valence-electron chi connectivity index (χ1n) is 3.72. The van der Waals surface area contributed by atoms with Crippen molar-refractivity contribution in [2.24, 2.45) is 0 Å². The Labute approximate surface area is 69.8 Å². The van der Waals surface area contributed by atoms with E-state index >= 15 is 0 Å². The van der Waals surface area contributed by atoms with Gasteiger partial charge in [-0.2, -0.15) is 0 Å². The zero-order valence-corrected chi connectivity index (χ0v) is 6.76. The van der Waals surface area contributed by atoms with E-state index < -0.39 is 0 Å². The molecule has 2 aromatic heterocycles. The summed E-state index contributed by atoms with van der Waals surface area (Å²) in [5.74, 6) is 0.462. The highest BCUT2D eigenvalue weighted by atomic mass is 15.0. The number of imidazole rings is 1. The molecule has 0 saturated carbocycles. The van der Waals surface area contributed by atoms with Gasteiger partial charge in [-0.3, -0.25) is 0 Å². The van der Waals surface area contributed by atoms with Crippen molar-refractivity contribution in [3.05, 3.63) is 24.2 Å². The number of nitrogen functional groups attached to an aromatic ring is 1. The Kier molecular flexibility index (Phi) is 1.40. The summed E-state index contributed by atoms with van der Waals surface area (Å²) in [5, 5.41) is 0. The zero-order valence-electron chi connectivity index (χ0n) is 6.76. The maximum atomic E-state index is 5.51. The molecule has 2 heterocycles. The van der Waals surface area contributed by atoms with Crippen molar-refractivity contribution >= 4 is 5.95 Å². The fraction of sp³-hybridized carbons (Fsp3) is 0.125. The summed E-state index contributed by atoms with van der Waals surface area (Å²) in [5.41, 5.74) is 8.47. The predicted molar refractivity (Wildman–Crippen MR) is 47.5 cm³/mol. The van der Waals surface area contributed by atoms with E-state index in [0.717, 1.165) is 17.0 Å². The molecule has 4 nitrogen and oxygen atoms in total. The van der Waals surface area contributed by atoms with Gasteiger partial charge in [0.1, 0.15) is 0 Å². The molecule has 0 amide bonds. The molecule has 0 fully saturated rings. The van der Waals surface area contributed by atoms with Crippen molar-refractivity contribution in [1.29, 1.82) is 0 Å². The first-order chi connectivity index (χ1) is 5.77. The van der Waals surface area contributed by atoms with Crippen molar-refractivity contribution in [3.63, 3.8) is 0 Å². The SMILES string of the molecule is Cc1[nH]c(N)nc1-c1cc[nH]c1. The van der Waals surface area contributed by atoms with Gasteiger partial charge in [0.15, 0.2) is 5.95 Å². The number of aromatic amines is 2. The Morgan fingerprint density at radius 3 is 2.83 bits per heavy atom. The average Bonchev–Trinajstić information content (AvgIpc) is 2.58. The molecule has 0 atom stereocenters. The van der Waals surface area contributed by atoms with E-state index in [0.29, 0.717) is 5.95 Å². The summed E-state index contributed by atoms with van der Waals surface area (Å²) in [4.78, 5) is 10.1. The molecule has 0 aromatic carbocycles. The van der Waals surface area contributed by atoms with Crippen molar-refractivity contribution in [1.82, 2.24) is 15.0 Å². The number of rotatable bonds is 1. The molecular weight excluding hydrogens is 152 g/mol. The average molecular weight is 162 g/mol. The summed E-state index contributed by atoms with van der Waals surface area (Å²) in [6.45, 7) is 1.95. The third-order valence-corrected chi connectivity index (χ3v) is 1.77. The van der Waals surface area contributed by atoms with Crippen LogP contribution in [0.1, 0.15) is 5.69 Å². The lowest BCUT2D eigenvalue weighted by Crippen LogP contribution is -1.85. The van der Waals surface area contributed by atoms with Crippen molar-refractivity contribution in [2.75, 3.05) is 5.73 Å². The second-order valence-electron chi connectivity index (χ2n) is 2.70. The minimum absolute atomic E-state index is 0.462. The summed E-state index contributed by atoms with van der Waals surface area (Å²) >= 11 is 0. The number of nitrogens with two attached hydrogens (primary N) is 1. The quantitative estimate of drug-likeness (QED) is 0.591. The smallest absolute Gasteiger partial charge is 0.198 e. The highest BCUT2D eigenvalue weighted by molar-refractivity contribution is 5.62. The van der Waals surface area contributed by atoms with E-state index in [2.05, 4.69) is 15.0 Å². The number of hydrogen-bond donors (Lipinski definition) is 3. The number of aromatic nitrogens is 3. The number of H-pyrrole nitrogens is 2. The lowest BCUT2D eigenvalue weighted by atomic mass is 10.2. The van der Waals surface area contributed by atoms with Gasteiger partial charge in [0, 0.05) is 23.7 Å². The Morgan fingerprint density at radius 1 is 1.50 bits per heavy atom. The second kappa shape index (κ2) is 2.41. The molecule has 2 rings (SSSR count). The Balaban J connectivity index is 2.54. The van der Waals surface area contributed by atoms with E-state index in [1.807, 2.05) is 25.4 Å². The molecule has 0 aliphatic heterocycles. The maximum absolute atomic E-state index is 5.51. The van der Waals surface area contributed by atoms with Crippen LogP contribution in [0.3, 0.4) is 0 Å². The molecule has 0 aliphatic rings. The van der Waals surface area contributed by atoms with Gasteiger partial charge in [-0.15, -0.1) is 0 Å². The Morgan fingerprint density at radius 2 is 2.33 bits per heavy atom. The third kappa shape index (κ3) is 0.972. The predicted octanol–water partition coefficient (Wildman–Crippen LogP) is 1.30. The number of nitrogens with one attached hydrogen (secondary N) is 2. The minimum Gasteiger partial charge on any atom is -0.369 e. The number of anilines is 1. The molecular formula is C8H10N4. The normalized spacial score (nSPS) is 10.4.